The molecular formula is C18H23BrN4O4. The molecular weight excluding hydrogens is 416 g/mol. The molecule has 0 amide bonds. The first kappa shape index (κ1) is 20.9. The zero-order valence-corrected chi connectivity index (χ0v) is 17.8. The molecule has 9 heteroatoms. The molecule has 0 aliphatic heterocycles. The zero-order valence-electron chi connectivity index (χ0n) is 16.2. The summed E-state index contributed by atoms with van der Waals surface area (Å²) < 4.78 is 12.4. The van der Waals surface area contributed by atoms with Crippen LogP contribution in [0.25, 0.3) is 11.0 Å². The number of halogens is 1. The van der Waals surface area contributed by atoms with Gasteiger partial charge in [0.05, 0.1) is 18.5 Å². The molecule has 0 radical (unpaired) electrons. The number of aliphatic imine (C=N–C) groups is 1. The summed E-state index contributed by atoms with van der Waals surface area (Å²) in [5.41, 5.74) is 0.266. The van der Waals surface area contributed by atoms with E-state index >= 15 is 0 Å². The van der Waals surface area contributed by atoms with E-state index in [1.54, 1.807) is 58.8 Å². The van der Waals surface area contributed by atoms with Gasteiger partial charge in [-0.05, 0) is 55.8 Å². The smallest absolute Gasteiger partial charge is 0.419 e. The summed E-state index contributed by atoms with van der Waals surface area (Å²) in [7, 11) is 3.59. The largest absolute Gasteiger partial charge is 0.461 e. The third-order valence-corrected chi connectivity index (χ3v) is 3.66. The van der Waals surface area contributed by atoms with Gasteiger partial charge in [-0.2, -0.15) is 0 Å². The average Bonchev–Trinajstić information content (AvgIpc) is 2.85. The number of carbonyl (C=O) groups excluding carboxylic acids is 2. The minimum Gasteiger partial charge on any atom is -0.461 e. The Bertz CT molecular complexity index is 897. The second-order valence-corrected chi connectivity index (χ2v) is 7.76. The number of rotatable bonds is 4. The van der Waals surface area contributed by atoms with Gasteiger partial charge in [-0.25, -0.2) is 24.1 Å². The van der Waals surface area contributed by atoms with Crippen LogP contribution in [0.5, 0.6) is 0 Å². The van der Waals surface area contributed by atoms with Crippen molar-refractivity contribution in [2.45, 2.75) is 33.3 Å². The molecule has 0 aliphatic rings. The summed E-state index contributed by atoms with van der Waals surface area (Å²) in [6, 6.07) is 3.35. The van der Waals surface area contributed by atoms with Gasteiger partial charge in [-0.15, -0.1) is 0 Å². The Morgan fingerprint density at radius 3 is 2.56 bits per heavy atom. The Morgan fingerprint density at radius 2 is 2.00 bits per heavy atom. The highest BCUT2D eigenvalue weighted by Crippen LogP contribution is 2.34. The normalized spacial score (nSPS) is 11.8. The van der Waals surface area contributed by atoms with Gasteiger partial charge in [0.1, 0.15) is 21.4 Å². The van der Waals surface area contributed by atoms with Crippen molar-refractivity contribution in [1.82, 2.24) is 14.5 Å². The second-order valence-electron chi connectivity index (χ2n) is 6.94. The van der Waals surface area contributed by atoms with E-state index in [-0.39, 0.29) is 18.0 Å². The van der Waals surface area contributed by atoms with E-state index in [0.717, 1.165) is 0 Å². The van der Waals surface area contributed by atoms with Crippen LogP contribution in [-0.4, -0.2) is 59.2 Å². The van der Waals surface area contributed by atoms with Crippen molar-refractivity contribution in [3.05, 3.63) is 22.4 Å². The van der Waals surface area contributed by atoms with Gasteiger partial charge in [0, 0.05) is 14.1 Å². The van der Waals surface area contributed by atoms with Crippen LogP contribution in [0.4, 0.5) is 10.5 Å². The second kappa shape index (κ2) is 8.08. The Balaban J connectivity index is 2.83. The fraction of sp³-hybridized carbons (Fsp3) is 0.444. The molecule has 0 saturated heterocycles. The molecule has 0 saturated carbocycles. The molecule has 2 heterocycles. The Labute approximate surface area is 166 Å². The molecule has 0 fully saturated rings. The topological polar surface area (TPSA) is 86.0 Å². The third kappa shape index (κ3) is 4.85. The van der Waals surface area contributed by atoms with E-state index in [1.165, 1.54) is 10.9 Å². The minimum absolute atomic E-state index is 0.0233. The monoisotopic (exact) mass is 438 g/mol. The van der Waals surface area contributed by atoms with E-state index in [4.69, 9.17) is 9.47 Å². The lowest BCUT2D eigenvalue weighted by molar-refractivity contribution is 0.0455. The van der Waals surface area contributed by atoms with Crippen molar-refractivity contribution in [2.75, 3.05) is 20.7 Å². The number of fused-ring (bicyclic) bond motifs is 1. The summed E-state index contributed by atoms with van der Waals surface area (Å²) >= 11 is 3.32. The van der Waals surface area contributed by atoms with Crippen molar-refractivity contribution < 1.29 is 19.1 Å². The van der Waals surface area contributed by atoms with Crippen LogP contribution in [0.1, 0.15) is 38.2 Å². The quantitative estimate of drug-likeness (QED) is 0.310. The molecule has 0 bridgehead atoms. The number of carbonyl (C=O) groups is 2. The van der Waals surface area contributed by atoms with Crippen LogP contribution < -0.4 is 0 Å². The molecule has 27 heavy (non-hydrogen) atoms. The highest BCUT2D eigenvalue weighted by atomic mass is 79.9. The number of pyridine rings is 1. The van der Waals surface area contributed by atoms with Crippen LogP contribution in [0, 0.1) is 0 Å². The van der Waals surface area contributed by atoms with E-state index in [2.05, 4.69) is 25.9 Å². The number of aromatic nitrogens is 2. The van der Waals surface area contributed by atoms with E-state index in [9.17, 15) is 9.59 Å². The molecule has 0 N–H and O–H groups in total. The summed E-state index contributed by atoms with van der Waals surface area (Å²) in [5, 5.41) is 0. The Kier molecular flexibility index (Phi) is 6.25. The van der Waals surface area contributed by atoms with Crippen LogP contribution in [-0.2, 0) is 9.47 Å². The SMILES string of the molecule is CCOC(=O)c1c(N=CN(C)C)c2nc(Br)ccc2n1C(=O)OC(C)(C)C. The Morgan fingerprint density at radius 1 is 1.33 bits per heavy atom. The van der Waals surface area contributed by atoms with Crippen LogP contribution >= 0.6 is 15.9 Å². The lowest BCUT2D eigenvalue weighted by Crippen LogP contribution is -2.29. The summed E-state index contributed by atoms with van der Waals surface area (Å²) in [6.07, 6.45) is 0.824. The lowest BCUT2D eigenvalue weighted by Gasteiger charge is -2.20. The van der Waals surface area contributed by atoms with Crippen molar-refractivity contribution >= 4 is 51.1 Å². The van der Waals surface area contributed by atoms with Crippen molar-refractivity contribution in [3.63, 3.8) is 0 Å². The van der Waals surface area contributed by atoms with Gasteiger partial charge < -0.3 is 14.4 Å². The predicted octanol–water partition coefficient (Wildman–Crippen LogP) is 3.98. The summed E-state index contributed by atoms with van der Waals surface area (Å²) in [4.78, 5) is 36.0. The molecule has 8 nitrogen and oxygen atoms in total. The molecule has 2 aromatic heterocycles. The lowest BCUT2D eigenvalue weighted by atomic mass is 10.2. The van der Waals surface area contributed by atoms with Crippen LogP contribution in [0.2, 0.25) is 0 Å². The van der Waals surface area contributed by atoms with Gasteiger partial charge >= 0.3 is 12.1 Å². The van der Waals surface area contributed by atoms with Crippen molar-refractivity contribution in [2.24, 2.45) is 4.99 Å². The number of nitrogens with zero attached hydrogens (tertiary/aromatic N) is 4. The number of esters is 1. The van der Waals surface area contributed by atoms with Gasteiger partial charge in [-0.1, -0.05) is 0 Å². The number of ether oxygens (including phenoxy) is 2. The predicted molar refractivity (Wildman–Crippen MR) is 107 cm³/mol. The summed E-state index contributed by atoms with van der Waals surface area (Å²) in [5.74, 6) is -0.677. The van der Waals surface area contributed by atoms with Crippen LogP contribution in [0.3, 0.4) is 0 Å². The molecule has 0 aromatic carbocycles. The zero-order chi connectivity index (χ0) is 20.4. The average molecular weight is 439 g/mol. The van der Waals surface area contributed by atoms with Gasteiger partial charge in [0.15, 0.2) is 5.69 Å². The fourth-order valence-electron chi connectivity index (χ4n) is 2.30. The highest BCUT2D eigenvalue weighted by Gasteiger charge is 2.31. The van der Waals surface area contributed by atoms with E-state index in [1.807, 2.05) is 0 Å². The maximum absolute atomic E-state index is 12.9. The highest BCUT2D eigenvalue weighted by molar-refractivity contribution is 9.10. The molecule has 2 aromatic rings. The van der Waals surface area contributed by atoms with Crippen LogP contribution in [0.15, 0.2) is 21.7 Å². The molecule has 146 valence electrons. The first-order valence-electron chi connectivity index (χ1n) is 8.37. The van der Waals surface area contributed by atoms with Gasteiger partial charge in [0.25, 0.3) is 0 Å². The van der Waals surface area contributed by atoms with E-state index < -0.39 is 17.7 Å². The molecule has 0 spiro atoms. The maximum Gasteiger partial charge on any atom is 0.419 e. The standard InChI is InChI=1S/C18H23BrN4O4/c1-7-26-16(24)15-14(20-10-22(5)6)13-11(8-9-12(19)21-13)23(15)17(25)27-18(2,3)4/h8-10H,7H2,1-6H3. The first-order chi connectivity index (χ1) is 12.5. The number of hydrogen-bond donors (Lipinski definition) is 0. The molecule has 0 aliphatic carbocycles. The number of hydrogen-bond acceptors (Lipinski definition) is 6. The molecule has 0 unspecified atom stereocenters. The van der Waals surface area contributed by atoms with Crippen molar-refractivity contribution in [1.29, 1.82) is 0 Å². The van der Waals surface area contributed by atoms with Gasteiger partial charge in [-0.3, -0.25) is 0 Å². The minimum atomic E-state index is -0.741. The maximum atomic E-state index is 12.9. The summed E-state index contributed by atoms with van der Waals surface area (Å²) in [6.45, 7) is 7.10. The molecule has 0 atom stereocenters. The molecule has 2 rings (SSSR count). The first-order valence-corrected chi connectivity index (χ1v) is 9.16. The fourth-order valence-corrected chi connectivity index (χ4v) is 2.61. The van der Waals surface area contributed by atoms with Gasteiger partial charge in [0.2, 0.25) is 0 Å². The Hall–Kier alpha value is -2.42. The third-order valence-electron chi connectivity index (χ3n) is 3.22. The van der Waals surface area contributed by atoms with Crippen molar-refractivity contribution in [3.8, 4) is 0 Å². The van der Waals surface area contributed by atoms with E-state index in [0.29, 0.717) is 15.6 Å².